The second kappa shape index (κ2) is 8.94. The summed E-state index contributed by atoms with van der Waals surface area (Å²) in [6.45, 7) is 1.78. The predicted molar refractivity (Wildman–Crippen MR) is 98.4 cm³/mol. The van der Waals surface area contributed by atoms with Gasteiger partial charge in [0.15, 0.2) is 0 Å². The summed E-state index contributed by atoms with van der Waals surface area (Å²) in [5, 5.41) is 12.0. The van der Waals surface area contributed by atoms with Gasteiger partial charge in [0.1, 0.15) is 0 Å². The number of rotatable bonds is 6. The summed E-state index contributed by atoms with van der Waals surface area (Å²) in [5.74, 6) is -1.05. The van der Waals surface area contributed by atoms with E-state index < -0.39 is 5.97 Å². The number of aliphatic carboxylic acids is 1. The monoisotopic (exact) mass is 357 g/mol. The minimum absolute atomic E-state index is 0.0825. The van der Waals surface area contributed by atoms with Crippen LogP contribution in [-0.2, 0) is 9.59 Å². The third kappa shape index (κ3) is 4.91. The molecule has 1 saturated heterocycles. The lowest BCUT2D eigenvalue weighted by Crippen LogP contribution is -2.38. The van der Waals surface area contributed by atoms with Crippen LogP contribution in [0.4, 0.5) is 0 Å². The highest BCUT2D eigenvalue weighted by Crippen LogP contribution is 2.31. The van der Waals surface area contributed by atoms with Crippen LogP contribution in [0.3, 0.4) is 0 Å². The van der Waals surface area contributed by atoms with Crippen molar-refractivity contribution in [1.82, 2.24) is 15.2 Å². The molecule has 1 aromatic heterocycles. The molecule has 1 aliphatic carbocycles. The van der Waals surface area contributed by atoms with Gasteiger partial charge in [-0.25, -0.2) is 0 Å². The highest BCUT2D eigenvalue weighted by Gasteiger charge is 2.27. The van der Waals surface area contributed by atoms with Gasteiger partial charge in [0, 0.05) is 37.1 Å². The van der Waals surface area contributed by atoms with Crippen molar-refractivity contribution < 1.29 is 14.7 Å². The standard InChI is InChI=1S/C20H27N3O3/c24-19(22-17-9-7-15(8-10-17)20(25)26)6-3-13-23-12-2-5-18(23)16-4-1-11-21-14-16/h1,3-4,6,11,14-15,17-18H,2,5,7-10,12-13H2,(H,22,24)(H,25,26)/b6-3+/t15-,17-,18-/m0/s1. The van der Waals surface area contributed by atoms with E-state index in [-0.39, 0.29) is 17.9 Å². The molecule has 1 aromatic rings. The third-order valence-electron chi connectivity index (χ3n) is 5.46. The fraction of sp³-hybridized carbons (Fsp3) is 0.550. The van der Waals surface area contributed by atoms with Gasteiger partial charge in [-0.3, -0.25) is 19.5 Å². The molecule has 2 fully saturated rings. The van der Waals surface area contributed by atoms with E-state index in [1.54, 1.807) is 12.3 Å². The zero-order valence-corrected chi connectivity index (χ0v) is 15.0. The topological polar surface area (TPSA) is 82.5 Å². The maximum Gasteiger partial charge on any atom is 0.306 e. The van der Waals surface area contributed by atoms with Crippen LogP contribution >= 0.6 is 0 Å². The molecule has 0 bridgehead atoms. The van der Waals surface area contributed by atoms with E-state index in [9.17, 15) is 9.59 Å². The molecule has 2 heterocycles. The van der Waals surface area contributed by atoms with Crippen LogP contribution in [0.1, 0.15) is 50.1 Å². The molecule has 0 spiro atoms. The Bertz CT molecular complexity index is 639. The van der Waals surface area contributed by atoms with E-state index in [0.29, 0.717) is 18.9 Å². The number of carboxylic acid groups (broad SMARTS) is 1. The van der Waals surface area contributed by atoms with Crippen molar-refractivity contribution in [2.24, 2.45) is 5.92 Å². The molecule has 6 nitrogen and oxygen atoms in total. The first-order valence-electron chi connectivity index (χ1n) is 9.47. The van der Waals surface area contributed by atoms with Gasteiger partial charge in [0.2, 0.25) is 5.91 Å². The molecule has 1 saturated carbocycles. The van der Waals surface area contributed by atoms with E-state index in [4.69, 9.17) is 5.11 Å². The Morgan fingerprint density at radius 1 is 1.27 bits per heavy atom. The van der Waals surface area contributed by atoms with Gasteiger partial charge in [-0.2, -0.15) is 0 Å². The lowest BCUT2D eigenvalue weighted by Gasteiger charge is -2.26. The molecule has 1 atom stereocenters. The van der Waals surface area contributed by atoms with Crippen molar-refractivity contribution in [1.29, 1.82) is 0 Å². The SMILES string of the molecule is O=C(/C=C/CN1CCC[C@H]1c1cccnc1)N[C@H]1CC[C@H](C(=O)O)CC1. The summed E-state index contributed by atoms with van der Waals surface area (Å²) in [4.78, 5) is 29.7. The maximum absolute atomic E-state index is 12.1. The van der Waals surface area contributed by atoms with E-state index in [1.807, 2.05) is 18.3 Å². The lowest BCUT2D eigenvalue weighted by atomic mass is 9.86. The molecule has 1 amide bonds. The number of aromatic nitrogens is 1. The van der Waals surface area contributed by atoms with Crippen molar-refractivity contribution in [3.05, 3.63) is 42.2 Å². The van der Waals surface area contributed by atoms with Crippen LogP contribution in [0.15, 0.2) is 36.7 Å². The number of amides is 1. The van der Waals surface area contributed by atoms with Gasteiger partial charge in [0.25, 0.3) is 0 Å². The second-order valence-electron chi connectivity index (χ2n) is 7.24. The van der Waals surface area contributed by atoms with Gasteiger partial charge in [0.05, 0.1) is 5.92 Å². The highest BCUT2D eigenvalue weighted by molar-refractivity contribution is 5.87. The van der Waals surface area contributed by atoms with Crippen LogP contribution in [0, 0.1) is 5.92 Å². The van der Waals surface area contributed by atoms with Crippen molar-refractivity contribution in [2.75, 3.05) is 13.1 Å². The summed E-state index contributed by atoms with van der Waals surface area (Å²) in [7, 11) is 0. The molecule has 0 radical (unpaired) electrons. The zero-order chi connectivity index (χ0) is 18.4. The molecule has 6 heteroatoms. The molecule has 0 unspecified atom stereocenters. The smallest absolute Gasteiger partial charge is 0.306 e. The van der Waals surface area contributed by atoms with Gasteiger partial charge >= 0.3 is 5.97 Å². The summed E-state index contributed by atoms with van der Waals surface area (Å²) in [6, 6.07) is 4.55. The van der Waals surface area contributed by atoms with Crippen molar-refractivity contribution in [3.63, 3.8) is 0 Å². The first-order valence-corrected chi connectivity index (χ1v) is 9.47. The number of pyridine rings is 1. The summed E-state index contributed by atoms with van der Waals surface area (Å²) in [5.41, 5.74) is 1.23. The molecular formula is C20H27N3O3. The molecular weight excluding hydrogens is 330 g/mol. The average Bonchev–Trinajstić information content (AvgIpc) is 3.11. The predicted octanol–water partition coefficient (Wildman–Crippen LogP) is 2.53. The fourth-order valence-corrected chi connectivity index (χ4v) is 4.02. The minimum atomic E-state index is -0.719. The first-order chi connectivity index (χ1) is 12.6. The number of carboxylic acids is 1. The number of hydrogen-bond donors (Lipinski definition) is 2. The van der Waals surface area contributed by atoms with Crippen molar-refractivity contribution in [2.45, 2.75) is 50.6 Å². The summed E-state index contributed by atoms with van der Waals surface area (Å²) >= 11 is 0. The molecule has 1 aliphatic heterocycles. The lowest BCUT2D eigenvalue weighted by molar-refractivity contribution is -0.142. The van der Waals surface area contributed by atoms with Gasteiger partial charge in [-0.05, 0) is 56.7 Å². The van der Waals surface area contributed by atoms with E-state index in [0.717, 1.165) is 38.8 Å². The Hall–Kier alpha value is -2.21. The number of carbonyl (C=O) groups excluding carboxylic acids is 1. The normalized spacial score (nSPS) is 26.8. The third-order valence-corrected chi connectivity index (χ3v) is 5.46. The second-order valence-corrected chi connectivity index (χ2v) is 7.24. The Morgan fingerprint density at radius 2 is 2.08 bits per heavy atom. The molecule has 26 heavy (non-hydrogen) atoms. The van der Waals surface area contributed by atoms with E-state index >= 15 is 0 Å². The molecule has 2 aliphatic rings. The van der Waals surface area contributed by atoms with Crippen LogP contribution in [0.25, 0.3) is 0 Å². The Kier molecular flexibility index (Phi) is 6.39. The Morgan fingerprint density at radius 3 is 2.77 bits per heavy atom. The Balaban J connectivity index is 1.43. The fourth-order valence-electron chi connectivity index (χ4n) is 4.02. The summed E-state index contributed by atoms with van der Waals surface area (Å²) < 4.78 is 0. The van der Waals surface area contributed by atoms with Crippen molar-refractivity contribution in [3.8, 4) is 0 Å². The number of nitrogens with zero attached hydrogens (tertiary/aromatic N) is 2. The van der Waals surface area contributed by atoms with Crippen LogP contribution in [-0.4, -0.2) is 46.0 Å². The van der Waals surface area contributed by atoms with Crippen LogP contribution in [0.5, 0.6) is 0 Å². The van der Waals surface area contributed by atoms with Gasteiger partial charge in [-0.1, -0.05) is 12.1 Å². The highest BCUT2D eigenvalue weighted by atomic mass is 16.4. The van der Waals surface area contributed by atoms with E-state index in [2.05, 4.69) is 21.3 Å². The molecule has 3 rings (SSSR count). The largest absolute Gasteiger partial charge is 0.481 e. The zero-order valence-electron chi connectivity index (χ0n) is 15.0. The number of carbonyl (C=O) groups is 2. The number of likely N-dealkylation sites (tertiary alicyclic amines) is 1. The van der Waals surface area contributed by atoms with Gasteiger partial charge < -0.3 is 10.4 Å². The molecule has 140 valence electrons. The maximum atomic E-state index is 12.1. The van der Waals surface area contributed by atoms with Gasteiger partial charge in [-0.15, -0.1) is 0 Å². The van der Waals surface area contributed by atoms with Crippen LogP contribution < -0.4 is 5.32 Å². The first kappa shape index (κ1) is 18.6. The number of hydrogen-bond acceptors (Lipinski definition) is 4. The average molecular weight is 357 g/mol. The molecule has 0 aromatic carbocycles. The Labute approximate surface area is 154 Å². The molecule has 2 N–H and O–H groups in total. The minimum Gasteiger partial charge on any atom is -0.481 e. The van der Waals surface area contributed by atoms with Crippen LogP contribution in [0.2, 0.25) is 0 Å². The summed E-state index contributed by atoms with van der Waals surface area (Å²) in [6.07, 6.45) is 12.3. The quantitative estimate of drug-likeness (QED) is 0.765. The van der Waals surface area contributed by atoms with Crippen molar-refractivity contribution >= 4 is 11.9 Å². The number of nitrogens with one attached hydrogen (secondary N) is 1. The van der Waals surface area contributed by atoms with E-state index in [1.165, 1.54) is 5.56 Å².